The molecule has 214 valence electrons. The number of hydrogen-bond donors (Lipinski definition) is 3. The molecule has 3 aliphatic rings. The van der Waals surface area contributed by atoms with Crippen LogP contribution in [0.3, 0.4) is 0 Å². The van der Waals surface area contributed by atoms with Gasteiger partial charge in [0.05, 0.1) is 30.1 Å². The van der Waals surface area contributed by atoms with E-state index in [-0.39, 0.29) is 36.3 Å². The molecule has 0 saturated carbocycles. The van der Waals surface area contributed by atoms with Crippen LogP contribution >= 0.6 is 0 Å². The highest BCUT2D eigenvalue weighted by Crippen LogP contribution is 2.66. The SMILES string of the molecule is CCCC(C)NC(=O)C1N([C@H](CO)c2ccccc2)C(=O)[C@@H]2[C@H](C(=O)NCc3ccccc3)[C@@]3(C)OC12CC3C. The number of aliphatic hydroxyl groups is 1. The van der Waals surface area contributed by atoms with E-state index in [2.05, 4.69) is 17.6 Å². The van der Waals surface area contributed by atoms with Crippen molar-refractivity contribution >= 4 is 17.7 Å². The van der Waals surface area contributed by atoms with Crippen LogP contribution in [0.15, 0.2) is 60.7 Å². The van der Waals surface area contributed by atoms with Crippen molar-refractivity contribution in [1.29, 1.82) is 0 Å². The maximum atomic E-state index is 14.5. The third-order valence-electron chi connectivity index (χ3n) is 9.40. The van der Waals surface area contributed by atoms with Crippen LogP contribution in [0.25, 0.3) is 0 Å². The second kappa shape index (κ2) is 11.0. The maximum Gasteiger partial charge on any atom is 0.246 e. The largest absolute Gasteiger partial charge is 0.394 e. The number of likely N-dealkylation sites (tertiary alicyclic amines) is 1. The smallest absolute Gasteiger partial charge is 0.246 e. The van der Waals surface area contributed by atoms with Gasteiger partial charge in [0.1, 0.15) is 11.6 Å². The molecule has 1 spiro atoms. The van der Waals surface area contributed by atoms with Gasteiger partial charge in [-0.15, -0.1) is 0 Å². The molecule has 40 heavy (non-hydrogen) atoms. The van der Waals surface area contributed by atoms with Crippen molar-refractivity contribution in [2.24, 2.45) is 17.8 Å². The van der Waals surface area contributed by atoms with Gasteiger partial charge in [0.25, 0.3) is 0 Å². The quantitative estimate of drug-likeness (QED) is 0.423. The van der Waals surface area contributed by atoms with E-state index in [0.29, 0.717) is 13.0 Å². The number of amides is 3. The van der Waals surface area contributed by atoms with Gasteiger partial charge in [-0.05, 0) is 43.7 Å². The third-order valence-corrected chi connectivity index (χ3v) is 9.40. The summed E-state index contributed by atoms with van der Waals surface area (Å²) in [6.45, 7) is 7.93. The van der Waals surface area contributed by atoms with Gasteiger partial charge in [-0.2, -0.15) is 0 Å². The molecule has 3 heterocycles. The molecule has 2 bridgehead atoms. The topological polar surface area (TPSA) is 108 Å². The van der Waals surface area contributed by atoms with E-state index in [9.17, 15) is 19.5 Å². The van der Waals surface area contributed by atoms with E-state index < -0.39 is 35.1 Å². The molecule has 8 atom stereocenters. The first-order valence-electron chi connectivity index (χ1n) is 14.5. The van der Waals surface area contributed by atoms with E-state index in [1.54, 1.807) is 0 Å². The molecule has 0 aromatic heterocycles. The molecule has 4 unspecified atom stereocenters. The Morgan fingerprint density at radius 3 is 2.38 bits per heavy atom. The fourth-order valence-corrected chi connectivity index (χ4v) is 7.46. The van der Waals surface area contributed by atoms with Gasteiger partial charge in [0, 0.05) is 12.6 Å². The lowest BCUT2D eigenvalue weighted by Crippen LogP contribution is -2.57. The summed E-state index contributed by atoms with van der Waals surface area (Å²) in [5, 5.41) is 16.8. The van der Waals surface area contributed by atoms with Gasteiger partial charge in [0.15, 0.2) is 0 Å². The molecule has 3 amide bonds. The summed E-state index contributed by atoms with van der Waals surface area (Å²) < 4.78 is 6.81. The number of benzene rings is 2. The summed E-state index contributed by atoms with van der Waals surface area (Å²) >= 11 is 0. The highest BCUT2D eigenvalue weighted by Gasteiger charge is 2.80. The molecule has 3 aliphatic heterocycles. The second-order valence-corrected chi connectivity index (χ2v) is 12.0. The maximum absolute atomic E-state index is 14.5. The number of nitrogens with one attached hydrogen (secondary N) is 2. The minimum Gasteiger partial charge on any atom is -0.394 e. The summed E-state index contributed by atoms with van der Waals surface area (Å²) in [7, 11) is 0. The molecular weight excluding hydrogens is 506 g/mol. The number of carbonyl (C=O) groups is 3. The number of fused-ring (bicyclic) bond motifs is 1. The van der Waals surface area contributed by atoms with Crippen LogP contribution in [0.2, 0.25) is 0 Å². The van der Waals surface area contributed by atoms with Crippen LogP contribution in [0.1, 0.15) is 64.1 Å². The minimum absolute atomic E-state index is 0.0587. The predicted molar refractivity (Wildman–Crippen MR) is 151 cm³/mol. The summed E-state index contributed by atoms with van der Waals surface area (Å²) in [5.74, 6) is -2.53. The molecule has 3 N–H and O–H groups in total. The zero-order chi connectivity index (χ0) is 28.7. The van der Waals surface area contributed by atoms with Crippen molar-refractivity contribution in [3.8, 4) is 0 Å². The Balaban J connectivity index is 1.55. The van der Waals surface area contributed by atoms with Crippen molar-refractivity contribution in [1.82, 2.24) is 15.5 Å². The molecule has 3 saturated heterocycles. The highest BCUT2D eigenvalue weighted by molar-refractivity contribution is 5.99. The molecule has 2 aromatic carbocycles. The van der Waals surface area contributed by atoms with Crippen LogP contribution in [-0.2, 0) is 25.7 Å². The van der Waals surface area contributed by atoms with Gasteiger partial charge in [0.2, 0.25) is 17.7 Å². The zero-order valence-corrected chi connectivity index (χ0v) is 23.8. The van der Waals surface area contributed by atoms with Crippen molar-refractivity contribution in [2.75, 3.05) is 6.61 Å². The van der Waals surface area contributed by atoms with E-state index in [0.717, 1.165) is 24.0 Å². The highest BCUT2D eigenvalue weighted by atomic mass is 16.5. The third kappa shape index (κ3) is 4.51. The predicted octanol–water partition coefficient (Wildman–Crippen LogP) is 3.35. The van der Waals surface area contributed by atoms with Gasteiger partial charge in [-0.1, -0.05) is 80.9 Å². The molecule has 8 heteroatoms. The average Bonchev–Trinajstić information content (AvgIpc) is 3.46. The molecule has 2 aromatic rings. The minimum atomic E-state index is -1.17. The monoisotopic (exact) mass is 547 g/mol. The summed E-state index contributed by atoms with van der Waals surface area (Å²) in [4.78, 5) is 44.0. The van der Waals surface area contributed by atoms with E-state index in [4.69, 9.17) is 4.74 Å². The van der Waals surface area contributed by atoms with Crippen molar-refractivity contribution in [2.45, 2.75) is 82.8 Å². The summed E-state index contributed by atoms with van der Waals surface area (Å²) in [5.41, 5.74) is -0.382. The molecule has 8 nitrogen and oxygen atoms in total. The van der Waals surface area contributed by atoms with Crippen LogP contribution in [0, 0.1) is 17.8 Å². The Morgan fingerprint density at radius 2 is 1.75 bits per heavy atom. The normalized spacial score (nSPS) is 32.0. The first-order valence-corrected chi connectivity index (χ1v) is 14.5. The fraction of sp³-hybridized carbons (Fsp3) is 0.531. The Bertz CT molecular complexity index is 1240. The molecule has 5 rings (SSSR count). The number of ether oxygens (including phenoxy) is 1. The lowest BCUT2D eigenvalue weighted by atomic mass is 9.62. The summed E-state index contributed by atoms with van der Waals surface area (Å²) in [6.07, 6.45) is 2.18. The number of aliphatic hydroxyl groups excluding tert-OH is 1. The fourth-order valence-electron chi connectivity index (χ4n) is 7.46. The van der Waals surface area contributed by atoms with Gasteiger partial charge >= 0.3 is 0 Å². The molecule has 0 radical (unpaired) electrons. The van der Waals surface area contributed by atoms with Crippen LogP contribution in [0.5, 0.6) is 0 Å². The number of hydrogen-bond acceptors (Lipinski definition) is 5. The van der Waals surface area contributed by atoms with Crippen LogP contribution in [0.4, 0.5) is 0 Å². The lowest BCUT2D eigenvalue weighted by molar-refractivity contribution is -0.151. The second-order valence-electron chi connectivity index (χ2n) is 12.0. The van der Waals surface area contributed by atoms with E-state index >= 15 is 0 Å². The van der Waals surface area contributed by atoms with E-state index in [1.807, 2.05) is 81.4 Å². The Hall–Kier alpha value is -3.23. The van der Waals surface area contributed by atoms with Crippen LogP contribution < -0.4 is 10.6 Å². The van der Waals surface area contributed by atoms with Crippen molar-refractivity contribution in [3.05, 3.63) is 71.8 Å². The Morgan fingerprint density at radius 1 is 1.10 bits per heavy atom. The average molecular weight is 548 g/mol. The van der Waals surface area contributed by atoms with E-state index in [1.165, 1.54) is 4.90 Å². The van der Waals surface area contributed by atoms with Gasteiger partial charge < -0.3 is 25.4 Å². The molecule has 3 fully saturated rings. The Labute approximate surface area is 236 Å². The van der Waals surface area contributed by atoms with Gasteiger partial charge in [-0.25, -0.2) is 0 Å². The Kier molecular flexibility index (Phi) is 7.77. The summed E-state index contributed by atoms with van der Waals surface area (Å²) in [6, 6.07) is 17.1. The number of carbonyl (C=O) groups excluding carboxylic acids is 3. The first kappa shape index (κ1) is 28.3. The van der Waals surface area contributed by atoms with Crippen LogP contribution in [-0.4, -0.2) is 57.6 Å². The zero-order valence-electron chi connectivity index (χ0n) is 23.8. The molecular formula is C32H41N3O5. The van der Waals surface area contributed by atoms with Crippen molar-refractivity contribution in [3.63, 3.8) is 0 Å². The molecule has 0 aliphatic carbocycles. The van der Waals surface area contributed by atoms with Gasteiger partial charge in [-0.3, -0.25) is 14.4 Å². The lowest BCUT2D eigenvalue weighted by Gasteiger charge is -2.37. The van der Waals surface area contributed by atoms with Crippen molar-refractivity contribution < 1.29 is 24.2 Å². The standard InChI is InChI=1S/C32H41N3O5/c1-5-12-21(3)34-29(38)27-32-17-20(2)31(4,40-32)25(28(37)33-18-22-13-8-6-9-14-22)26(32)30(39)35(27)24(19-36)23-15-10-7-11-16-23/h6-11,13-16,20-21,24-27,36H,5,12,17-19H2,1-4H3,(H,33,37)(H,34,38)/t20?,21?,24-,25-,26+,27?,31+,32?/m1/s1. The first-order chi connectivity index (χ1) is 19.2. The number of nitrogens with zero attached hydrogens (tertiary/aromatic N) is 1. The number of rotatable bonds is 10.